The highest BCUT2D eigenvalue weighted by molar-refractivity contribution is 7.92. The van der Waals surface area contributed by atoms with Crippen molar-refractivity contribution in [2.24, 2.45) is 0 Å². The van der Waals surface area contributed by atoms with Crippen LogP contribution in [0.2, 0.25) is 0 Å². The average Bonchev–Trinajstić information content (AvgIpc) is 2.76. The fourth-order valence-corrected chi connectivity index (χ4v) is 5.63. The summed E-state index contributed by atoms with van der Waals surface area (Å²) in [4.78, 5) is 11.3. The summed E-state index contributed by atoms with van der Waals surface area (Å²) in [5.74, 6) is 0.194. The van der Waals surface area contributed by atoms with Crippen molar-refractivity contribution in [1.29, 1.82) is 0 Å². The zero-order valence-electron chi connectivity index (χ0n) is 10.9. The van der Waals surface area contributed by atoms with Gasteiger partial charge in [-0.25, -0.2) is 8.42 Å². The number of alkyl halides is 1. The van der Waals surface area contributed by atoms with E-state index in [-0.39, 0.29) is 11.7 Å². The van der Waals surface area contributed by atoms with Gasteiger partial charge in [0.2, 0.25) is 5.91 Å². The van der Waals surface area contributed by atoms with Gasteiger partial charge in [0.1, 0.15) is 0 Å². The van der Waals surface area contributed by atoms with Crippen molar-refractivity contribution in [2.75, 3.05) is 11.1 Å². The van der Waals surface area contributed by atoms with Gasteiger partial charge in [-0.3, -0.25) is 4.79 Å². The monoisotopic (exact) mass is 313 g/mol. The van der Waals surface area contributed by atoms with Gasteiger partial charge in [-0.15, -0.1) is 11.6 Å². The van der Waals surface area contributed by atoms with Gasteiger partial charge >= 0.3 is 0 Å². The number of nitrogens with one attached hydrogen (secondary N) is 1. The second-order valence-electron chi connectivity index (χ2n) is 5.44. The van der Waals surface area contributed by atoms with Crippen LogP contribution in [0.15, 0.2) is 18.2 Å². The smallest absolute Gasteiger partial charge is 0.228 e. The fourth-order valence-electron chi connectivity index (χ4n) is 2.94. The molecule has 108 valence electrons. The van der Waals surface area contributed by atoms with Crippen LogP contribution in [0, 0.1) is 0 Å². The zero-order chi connectivity index (χ0) is 14.3. The molecule has 1 fully saturated rings. The third kappa shape index (κ3) is 2.44. The first-order chi connectivity index (χ1) is 9.47. The van der Waals surface area contributed by atoms with E-state index in [0.717, 1.165) is 29.7 Å². The van der Waals surface area contributed by atoms with Crippen molar-refractivity contribution in [3.63, 3.8) is 0 Å². The molecular formula is C14H16ClNO3S. The number of rotatable bonds is 2. The highest BCUT2D eigenvalue weighted by Crippen LogP contribution is 2.37. The Morgan fingerprint density at radius 1 is 1.30 bits per heavy atom. The molecule has 2 heterocycles. The molecule has 6 heteroatoms. The maximum Gasteiger partial charge on any atom is 0.228 e. The van der Waals surface area contributed by atoms with Crippen LogP contribution in [0.5, 0.6) is 0 Å². The van der Waals surface area contributed by atoms with Crippen molar-refractivity contribution in [3.8, 4) is 0 Å². The summed E-state index contributed by atoms with van der Waals surface area (Å²) in [5, 5.41) is 1.71. The van der Waals surface area contributed by atoms with Crippen LogP contribution in [-0.2, 0) is 21.1 Å². The SMILES string of the molecule is O=C1Cc2cc(C(Cl)C3CCCCS3(=O)=O)ccc2N1. The Kier molecular flexibility index (Phi) is 3.50. The Balaban J connectivity index is 1.89. The second kappa shape index (κ2) is 5.04. The molecule has 0 bridgehead atoms. The largest absolute Gasteiger partial charge is 0.326 e. The Bertz CT molecular complexity index is 656. The minimum absolute atomic E-state index is 0.0337. The van der Waals surface area contributed by atoms with Gasteiger partial charge in [0.15, 0.2) is 9.84 Å². The lowest BCUT2D eigenvalue weighted by atomic mass is 10.0. The molecule has 1 N–H and O–H groups in total. The third-order valence-corrected chi connectivity index (χ3v) is 7.02. The molecule has 20 heavy (non-hydrogen) atoms. The third-order valence-electron chi connectivity index (χ3n) is 4.03. The van der Waals surface area contributed by atoms with E-state index in [0.29, 0.717) is 12.8 Å². The van der Waals surface area contributed by atoms with Crippen LogP contribution >= 0.6 is 11.6 Å². The number of fused-ring (bicyclic) bond motifs is 1. The summed E-state index contributed by atoms with van der Waals surface area (Å²) in [6.07, 6.45) is 2.58. The van der Waals surface area contributed by atoms with Crippen LogP contribution in [-0.4, -0.2) is 25.3 Å². The lowest BCUT2D eigenvalue weighted by Gasteiger charge is -2.26. The van der Waals surface area contributed by atoms with Crippen molar-refractivity contribution < 1.29 is 13.2 Å². The molecule has 4 nitrogen and oxygen atoms in total. The molecule has 2 aliphatic heterocycles. The molecule has 1 amide bonds. The van der Waals surface area contributed by atoms with E-state index in [1.807, 2.05) is 12.1 Å². The van der Waals surface area contributed by atoms with Gasteiger partial charge in [-0.2, -0.15) is 0 Å². The number of halogens is 1. The number of amides is 1. The topological polar surface area (TPSA) is 63.2 Å². The van der Waals surface area contributed by atoms with E-state index < -0.39 is 20.5 Å². The number of sulfone groups is 1. The second-order valence-corrected chi connectivity index (χ2v) is 8.25. The predicted octanol–water partition coefficient (Wildman–Crippen LogP) is 2.43. The van der Waals surface area contributed by atoms with Crippen molar-refractivity contribution in [3.05, 3.63) is 29.3 Å². The molecule has 1 aromatic rings. The number of carbonyl (C=O) groups is 1. The van der Waals surface area contributed by atoms with Gasteiger partial charge in [-0.1, -0.05) is 18.6 Å². The van der Waals surface area contributed by atoms with Crippen molar-refractivity contribution >= 4 is 33.0 Å². The lowest BCUT2D eigenvalue weighted by molar-refractivity contribution is -0.115. The first-order valence-electron chi connectivity index (χ1n) is 6.76. The van der Waals surface area contributed by atoms with E-state index in [2.05, 4.69) is 5.32 Å². The molecule has 1 aromatic carbocycles. The Morgan fingerprint density at radius 2 is 2.10 bits per heavy atom. The quantitative estimate of drug-likeness (QED) is 0.853. The van der Waals surface area contributed by atoms with Crippen molar-refractivity contribution in [1.82, 2.24) is 0 Å². The molecule has 0 aliphatic carbocycles. The minimum Gasteiger partial charge on any atom is -0.326 e. The fraction of sp³-hybridized carbons (Fsp3) is 0.500. The molecule has 0 radical (unpaired) electrons. The van der Waals surface area contributed by atoms with E-state index in [4.69, 9.17) is 11.6 Å². The average molecular weight is 314 g/mol. The number of hydrogen-bond donors (Lipinski definition) is 1. The highest BCUT2D eigenvalue weighted by atomic mass is 35.5. The molecule has 2 aliphatic rings. The summed E-state index contributed by atoms with van der Waals surface area (Å²) < 4.78 is 24.3. The van der Waals surface area contributed by atoms with Crippen molar-refractivity contribution in [2.45, 2.75) is 36.3 Å². The molecule has 0 aromatic heterocycles. The molecule has 1 saturated heterocycles. The molecule has 0 saturated carbocycles. The van der Waals surface area contributed by atoms with Crippen LogP contribution in [0.3, 0.4) is 0 Å². The van der Waals surface area contributed by atoms with Crippen LogP contribution in [0.25, 0.3) is 0 Å². The summed E-state index contributed by atoms with van der Waals surface area (Å²) >= 11 is 6.42. The molecule has 2 unspecified atom stereocenters. The summed E-state index contributed by atoms with van der Waals surface area (Å²) in [6.45, 7) is 0. The molecule has 3 rings (SSSR count). The maximum atomic E-state index is 12.1. The van der Waals surface area contributed by atoms with E-state index >= 15 is 0 Å². The first kappa shape index (κ1) is 13.9. The van der Waals surface area contributed by atoms with Crippen LogP contribution in [0.1, 0.15) is 35.8 Å². The Hall–Kier alpha value is -1.07. The molecule has 0 spiro atoms. The van der Waals surface area contributed by atoms with E-state index in [1.54, 1.807) is 6.07 Å². The predicted molar refractivity (Wildman–Crippen MR) is 78.8 cm³/mol. The highest BCUT2D eigenvalue weighted by Gasteiger charge is 2.35. The van der Waals surface area contributed by atoms with Gasteiger partial charge in [0.25, 0.3) is 0 Å². The number of carbonyl (C=O) groups excluding carboxylic acids is 1. The molecule has 2 atom stereocenters. The summed E-state index contributed by atoms with van der Waals surface area (Å²) in [5.41, 5.74) is 2.48. The maximum absolute atomic E-state index is 12.1. The first-order valence-corrected chi connectivity index (χ1v) is 8.91. The lowest BCUT2D eigenvalue weighted by Crippen LogP contribution is -2.31. The van der Waals surface area contributed by atoms with E-state index in [9.17, 15) is 13.2 Å². The van der Waals surface area contributed by atoms with Crippen LogP contribution < -0.4 is 5.32 Å². The molecular weight excluding hydrogens is 298 g/mol. The minimum atomic E-state index is -3.11. The van der Waals surface area contributed by atoms with Gasteiger partial charge < -0.3 is 5.32 Å². The van der Waals surface area contributed by atoms with Gasteiger partial charge in [0, 0.05) is 5.69 Å². The standard InChI is InChI=1S/C14H16ClNO3S/c15-14(12-3-1-2-6-20(12,18)19)9-4-5-11-10(7-9)8-13(17)16-11/h4-5,7,12,14H,1-3,6,8H2,(H,16,17). The number of anilines is 1. The number of hydrogen-bond acceptors (Lipinski definition) is 3. The van der Waals surface area contributed by atoms with Gasteiger partial charge in [-0.05, 0) is 30.0 Å². The summed E-state index contributed by atoms with van der Waals surface area (Å²) in [6, 6.07) is 5.47. The van der Waals surface area contributed by atoms with Gasteiger partial charge in [0.05, 0.1) is 22.8 Å². The Morgan fingerprint density at radius 3 is 2.85 bits per heavy atom. The summed E-state index contributed by atoms with van der Waals surface area (Å²) in [7, 11) is -3.11. The number of benzene rings is 1. The Labute approximate surface area is 123 Å². The van der Waals surface area contributed by atoms with E-state index in [1.165, 1.54) is 0 Å². The zero-order valence-corrected chi connectivity index (χ0v) is 12.5. The normalized spacial score (nSPS) is 25.9. The van der Waals surface area contributed by atoms with Crippen LogP contribution in [0.4, 0.5) is 5.69 Å².